The van der Waals surface area contributed by atoms with Crippen molar-refractivity contribution in [2.45, 2.75) is 31.3 Å². The van der Waals surface area contributed by atoms with Crippen LogP contribution in [0, 0.1) is 13.8 Å². The van der Waals surface area contributed by atoms with E-state index in [9.17, 15) is 13.5 Å². The summed E-state index contributed by atoms with van der Waals surface area (Å²) >= 11 is 1.46. The summed E-state index contributed by atoms with van der Waals surface area (Å²) in [5.74, 6) is 0. The molecule has 0 saturated heterocycles. The maximum Gasteiger partial charge on any atom is 0.244 e. The summed E-state index contributed by atoms with van der Waals surface area (Å²) in [4.78, 5) is 0.887. The van der Waals surface area contributed by atoms with E-state index in [1.807, 2.05) is 30.3 Å². The van der Waals surface area contributed by atoms with Gasteiger partial charge in [-0.3, -0.25) is 4.68 Å². The Morgan fingerprint density at radius 2 is 2.00 bits per heavy atom. The number of aryl methyl sites for hydroxylation is 2. The van der Waals surface area contributed by atoms with Crippen molar-refractivity contribution in [3.63, 3.8) is 0 Å². The van der Waals surface area contributed by atoms with Crippen molar-refractivity contribution in [2.24, 2.45) is 7.05 Å². The van der Waals surface area contributed by atoms with Crippen molar-refractivity contribution in [3.05, 3.63) is 46.6 Å². The topological polar surface area (TPSA) is 84.2 Å². The molecule has 134 valence electrons. The second-order valence-electron chi connectivity index (χ2n) is 6.37. The van der Waals surface area contributed by atoms with Gasteiger partial charge in [0, 0.05) is 23.2 Å². The Hall–Kier alpha value is -1.74. The first kappa shape index (κ1) is 18.1. The van der Waals surface area contributed by atoms with Gasteiger partial charge in [0.15, 0.2) is 0 Å². The van der Waals surface area contributed by atoms with Crippen molar-refractivity contribution < 1.29 is 13.5 Å². The molecule has 0 amide bonds. The van der Waals surface area contributed by atoms with Crippen molar-refractivity contribution in [1.29, 1.82) is 0 Å². The molecular formula is C17H21N3O3S2. The van der Waals surface area contributed by atoms with Gasteiger partial charge in [-0.1, -0.05) is 18.2 Å². The fourth-order valence-electron chi connectivity index (χ4n) is 2.79. The van der Waals surface area contributed by atoms with Gasteiger partial charge in [0.1, 0.15) is 10.5 Å². The van der Waals surface area contributed by atoms with Crippen LogP contribution in [0.3, 0.4) is 0 Å². The molecule has 0 radical (unpaired) electrons. The van der Waals surface area contributed by atoms with Gasteiger partial charge in [0.2, 0.25) is 10.0 Å². The third-order valence-corrected chi connectivity index (χ3v) is 7.30. The molecule has 3 aromatic rings. The number of fused-ring (bicyclic) bond motifs is 1. The number of aromatic nitrogens is 2. The minimum atomic E-state index is -3.76. The molecule has 0 aliphatic heterocycles. The van der Waals surface area contributed by atoms with E-state index < -0.39 is 15.6 Å². The molecule has 2 heterocycles. The second kappa shape index (κ2) is 6.21. The molecule has 8 heteroatoms. The first-order valence-corrected chi connectivity index (χ1v) is 10.1. The van der Waals surface area contributed by atoms with Crippen LogP contribution in [-0.4, -0.2) is 29.8 Å². The van der Waals surface area contributed by atoms with Crippen LogP contribution in [-0.2, 0) is 22.7 Å². The molecule has 2 N–H and O–H groups in total. The molecule has 0 aliphatic rings. The van der Waals surface area contributed by atoms with Crippen LogP contribution in [0.2, 0.25) is 0 Å². The standard InChI is InChI=1S/C17H21N3O3S2/c1-11-16(12(2)20(4)19-11)25(22,23)18-10-17(3,21)15-9-13-7-5-6-8-14(13)24-15/h5-9,18,21H,10H2,1-4H3. The van der Waals surface area contributed by atoms with Gasteiger partial charge < -0.3 is 5.11 Å². The van der Waals surface area contributed by atoms with E-state index in [1.165, 1.54) is 16.0 Å². The molecule has 25 heavy (non-hydrogen) atoms. The summed E-state index contributed by atoms with van der Waals surface area (Å²) in [6.45, 7) is 4.86. The van der Waals surface area contributed by atoms with E-state index in [-0.39, 0.29) is 11.4 Å². The van der Waals surface area contributed by atoms with E-state index >= 15 is 0 Å². The predicted octanol–water partition coefficient (Wildman–Crippen LogP) is 2.44. The van der Waals surface area contributed by atoms with Crippen molar-refractivity contribution >= 4 is 31.4 Å². The number of nitrogens with one attached hydrogen (secondary N) is 1. The molecule has 1 atom stereocenters. The van der Waals surface area contributed by atoms with Gasteiger partial charge in [-0.2, -0.15) is 5.10 Å². The highest BCUT2D eigenvalue weighted by Gasteiger charge is 2.30. The minimum Gasteiger partial charge on any atom is -0.383 e. The first-order valence-electron chi connectivity index (χ1n) is 7.83. The van der Waals surface area contributed by atoms with E-state index in [0.717, 1.165) is 15.0 Å². The Labute approximate surface area is 151 Å². The number of sulfonamides is 1. The average Bonchev–Trinajstić information content (AvgIpc) is 3.08. The summed E-state index contributed by atoms with van der Waals surface area (Å²) in [6.07, 6.45) is 0. The molecule has 3 rings (SSSR count). The number of rotatable bonds is 5. The van der Waals surface area contributed by atoms with E-state index in [1.54, 1.807) is 27.8 Å². The Morgan fingerprint density at radius 3 is 2.60 bits per heavy atom. The number of aliphatic hydroxyl groups is 1. The normalized spacial score (nSPS) is 14.8. The molecule has 6 nitrogen and oxygen atoms in total. The minimum absolute atomic E-state index is 0.115. The third-order valence-electron chi connectivity index (χ3n) is 4.27. The highest BCUT2D eigenvalue weighted by atomic mass is 32.2. The lowest BCUT2D eigenvalue weighted by molar-refractivity contribution is 0.0666. The average molecular weight is 380 g/mol. The van der Waals surface area contributed by atoms with Crippen molar-refractivity contribution in [3.8, 4) is 0 Å². The monoisotopic (exact) mass is 379 g/mol. The summed E-state index contributed by atoms with van der Waals surface area (Å²) in [5.41, 5.74) is -0.304. The van der Waals surface area contributed by atoms with Gasteiger partial charge in [0.25, 0.3) is 0 Å². The van der Waals surface area contributed by atoms with Crippen LogP contribution in [0.15, 0.2) is 35.2 Å². The molecule has 2 aromatic heterocycles. The lowest BCUT2D eigenvalue weighted by atomic mass is 10.1. The Morgan fingerprint density at radius 1 is 1.32 bits per heavy atom. The maximum atomic E-state index is 12.7. The number of thiophene rings is 1. The Kier molecular flexibility index (Phi) is 4.48. The van der Waals surface area contributed by atoms with Crippen LogP contribution < -0.4 is 4.72 Å². The van der Waals surface area contributed by atoms with E-state index in [2.05, 4.69) is 9.82 Å². The Balaban J connectivity index is 1.86. The van der Waals surface area contributed by atoms with E-state index in [0.29, 0.717) is 11.4 Å². The zero-order valence-corrected chi connectivity index (χ0v) is 16.2. The molecule has 1 unspecified atom stereocenters. The van der Waals surface area contributed by atoms with Gasteiger partial charge in [0.05, 0.1) is 11.4 Å². The fourth-order valence-corrected chi connectivity index (χ4v) is 5.46. The third kappa shape index (κ3) is 3.35. The number of hydrogen-bond donors (Lipinski definition) is 2. The van der Waals surface area contributed by atoms with Crippen LogP contribution in [0.25, 0.3) is 10.1 Å². The summed E-state index contributed by atoms with van der Waals surface area (Å²) in [6, 6.07) is 9.72. The van der Waals surface area contributed by atoms with Crippen LogP contribution in [0.1, 0.15) is 23.2 Å². The van der Waals surface area contributed by atoms with Gasteiger partial charge in [-0.15, -0.1) is 11.3 Å². The number of nitrogens with zero attached hydrogens (tertiary/aromatic N) is 2. The predicted molar refractivity (Wildman–Crippen MR) is 99.3 cm³/mol. The van der Waals surface area contributed by atoms with Crippen LogP contribution >= 0.6 is 11.3 Å². The SMILES string of the molecule is Cc1nn(C)c(C)c1S(=O)(=O)NCC(C)(O)c1cc2ccccc2s1. The largest absolute Gasteiger partial charge is 0.383 e. The van der Waals surface area contributed by atoms with Crippen LogP contribution in [0.4, 0.5) is 0 Å². The Bertz CT molecular complexity index is 1000. The first-order chi connectivity index (χ1) is 11.6. The van der Waals surface area contributed by atoms with E-state index in [4.69, 9.17) is 0 Å². The molecule has 1 aromatic carbocycles. The van der Waals surface area contributed by atoms with Crippen molar-refractivity contribution in [2.75, 3.05) is 6.54 Å². The highest BCUT2D eigenvalue weighted by Crippen LogP contribution is 2.33. The molecular weight excluding hydrogens is 358 g/mol. The molecule has 0 fully saturated rings. The maximum absolute atomic E-state index is 12.7. The fraction of sp³-hybridized carbons (Fsp3) is 0.353. The highest BCUT2D eigenvalue weighted by molar-refractivity contribution is 7.89. The lowest BCUT2D eigenvalue weighted by Crippen LogP contribution is -2.38. The molecule has 0 saturated carbocycles. The molecule has 0 bridgehead atoms. The van der Waals surface area contributed by atoms with Gasteiger partial charge in [-0.05, 0) is 38.3 Å². The number of benzene rings is 1. The molecule has 0 spiro atoms. The van der Waals surface area contributed by atoms with Gasteiger partial charge >= 0.3 is 0 Å². The number of hydrogen-bond acceptors (Lipinski definition) is 5. The quantitative estimate of drug-likeness (QED) is 0.713. The second-order valence-corrected chi connectivity index (χ2v) is 9.16. The van der Waals surface area contributed by atoms with Gasteiger partial charge in [-0.25, -0.2) is 13.1 Å². The zero-order valence-electron chi connectivity index (χ0n) is 14.6. The lowest BCUT2D eigenvalue weighted by Gasteiger charge is -2.22. The van der Waals surface area contributed by atoms with Crippen molar-refractivity contribution in [1.82, 2.24) is 14.5 Å². The summed E-state index contributed by atoms with van der Waals surface area (Å²) < 4.78 is 30.5. The smallest absolute Gasteiger partial charge is 0.244 e. The molecule has 0 aliphatic carbocycles. The zero-order chi connectivity index (χ0) is 18.4. The summed E-state index contributed by atoms with van der Waals surface area (Å²) in [5, 5.41) is 16.0. The van der Waals surface area contributed by atoms with Crippen LogP contribution in [0.5, 0.6) is 0 Å². The summed E-state index contributed by atoms with van der Waals surface area (Å²) in [7, 11) is -2.06.